The van der Waals surface area contributed by atoms with Gasteiger partial charge < -0.3 is 15.5 Å². The van der Waals surface area contributed by atoms with E-state index in [0.717, 1.165) is 11.3 Å². The van der Waals surface area contributed by atoms with Crippen molar-refractivity contribution in [2.24, 2.45) is 5.92 Å². The Morgan fingerprint density at radius 3 is 2.64 bits per heavy atom. The predicted octanol–water partition coefficient (Wildman–Crippen LogP) is 2.69. The average molecular weight is 596 g/mol. The van der Waals surface area contributed by atoms with Crippen LogP contribution >= 0.6 is 11.8 Å². The van der Waals surface area contributed by atoms with Crippen molar-refractivity contribution in [1.82, 2.24) is 45.1 Å². The van der Waals surface area contributed by atoms with Crippen molar-refractivity contribution in [3.05, 3.63) is 48.8 Å². The van der Waals surface area contributed by atoms with E-state index in [4.69, 9.17) is 10.1 Å². The molecule has 3 heterocycles. The Hall–Kier alpha value is -3.74. The molecule has 3 amide bonds. The second-order valence-corrected chi connectivity index (χ2v) is 11.7. The molecule has 42 heavy (non-hydrogen) atoms. The lowest BCUT2D eigenvalue weighted by Crippen LogP contribution is -2.49. The zero-order chi connectivity index (χ0) is 29.9. The standard InChI is InChI=1S/C29H41N9O3S/c1-21(2)26-28-34-27(22-9-5-4-6-10-22)35-38(28)17-16-36(25(40)12-8-15-37-20-30-19-31-37)14-7-11-24(39)32-23(13-18-42-3)29(41)33-26/h4-6,9-10,19-21,23,26H,7-8,11-18H2,1-3H3,(H,32,39)(H,33,41)/t23-,26+/m0/s1. The molecule has 0 saturated carbocycles. The maximum Gasteiger partial charge on any atom is 0.243 e. The summed E-state index contributed by atoms with van der Waals surface area (Å²) in [6.45, 7) is 5.89. The smallest absolute Gasteiger partial charge is 0.243 e. The third kappa shape index (κ3) is 8.63. The lowest BCUT2D eigenvalue weighted by Gasteiger charge is -2.28. The Morgan fingerprint density at radius 1 is 1.12 bits per heavy atom. The van der Waals surface area contributed by atoms with Gasteiger partial charge in [0.1, 0.15) is 18.7 Å². The number of benzene rings is 1. The zero-order valence-electron chi connectivity index (χ0n) is 24.6. The summed E-state index contributed by atoms with van der Waals surface area (Å²) >= 11 is 1.63. The van der Waals surface area contributed by atoms with Gasteiger partial charge in [-0.3, -0.25) is 19.1 Å². The van der Waals surface area contributed by atoms with Crippen molar-refractivity contribution >= 4 is 29.5 Å². The van der Waals surface area contributed by atoms with Gasteiger partial charge in [-0.1, -0.05) is 44.2 Å². The van der Waals surface area contributed by atoms with Crippen LogP contribution in [0.15, 0.2) is 43.0 Å². The summed E-state index contributed by atoms with van der Waals surface area (Å²) in [5.41, 5.74) is 0.871. The molecular weight excluding hydrogens is 554 g/mol. The number of nitrogens with zero attached hydrogens (tertiary/aromatic N) is 7. The fraction of sp³-hybridized carbons (Fsp3) is 0.552. The van der Waals surface area contributed by atoms with Crippen molar-refractivity contribution in [2.45, 2.75) is 71.1 Å². The van der Waals surface area contributed by atoms with E-state index in [-0.39, 0.29) is 30.1 Å². The third-order valence-electron chi connectivity index (χ3n) is 7.25. The first-order chi connectivity index (χ1) is 20.4. The fourth-order valence-electron chi connectivity index (χ4n) is 4.92. The Bertz CT molecular complexity index is 1300. The van der Waals surface area contributed by atoms with Gasteiger partial charge in [0.25, 0.3) is 0 Å². The molecule has 0 saturated heterocycles. The number of carbonyl (C=O) groups is 3. The molecule has 1 aliphatic heterocycles. The number of carbonyl (C=O) groups excluding carboxylic acids is 3. The SMILES string of the molecule is CSCC[C@@H]1NC(=O)CCCN(C(=O)CCCn2cncn2)CCn2nc(-c3ccccc3)nc2[C@@H](C(C)C)NC1=O. The summed E-state index contributed by atoms with van der Waals surface area (Å²) in [7, 11) is 0. The molecule has 3 aromatic rings. The number of nitrogens with one attached hydrogen (secondary N) is 2. The number of aryl methyl sites for hydroxylation is 1. The molecule has 12 nitrogen and oxygen atoms in total. The van der Waals surface area contributed by atoms with Gasteiger partial charge in [-0.25, -0.2) is 14.6 Å². The highest BCUT2D eigenvalue weighted by Gasteiger charge is 2.30. The van der Waals surface area contributed by atoms with E-state index in [0.29, 0.717) is 63.5 Å². The van der Waals surface area contributed by atoms with Crippen molar-refractivity contribution in [3.8, 4) is 11.4 Å². The topological polar surface area (TPSA) is 140 Å². The van der Waals surface area contributed by atoms with Crippen LogP contribution < -0.4 is 10.6 Å². The number of fused-ring (bicyclic) bond motifs is 1. The summed E-state index contributed by atoms with van der Waals surface area (Å²) in [4.78, 5) is 50.4. The Morgan fingerprint density at radius 2 is 1.93 bits per heavy atom. The Kier molecular flexibility index (Phi) is 11.5. The molecule has 0 radical (unpaired) electrons. The normalized spacial score (nSPS) is 18.7. The van der Waals surface area contributed by atoms with E-state index < -0.39 is 12.1 Å². The minimum absolute atomic E-state index is 0.000137. The van der Waals surface area contributed by atoms with Crippen LogP contribution in [0.3, 0.4) is 0 Å². The molecule has 0 aliphatic carbocycles. The summed E-state index contributed by atoms with van der Waals surface area (Å²) in [5.74, 6) is 1.51. The number of hydrogen-bond acceptors (Lipinski definition) is 8. The third-order valence-corrected chi connectivity index (χ3v) is 7.89. The Labute approximate surface area is 251 Å². The lowest BCUT2D eigenvalue weighted by atomic mass is 10.0. The maximum absolute atomic E-state index is 13.5. The van der Waals surface area contributed by atoms with Crippen LogP contribution in [0, 0.1) is 5.92 Å². The van der Waals surface area contributed by atoms with Gasteiger partial charge in [-0.15, -0.1) is 0 Å². The first-order valence-electron chi connectivity index (χ1n) is 14.5. The molecule has 4 rings (SSSR count). The van der Waals surface area contributed by atoms with E-state index in [1.54, 1.807) is 22.8 Å². The van der Waals surface area contributed by atoms with E-state index in [1.807, 2.05) is 60.0 Å². The van der Waals surface area contributed by atoms with Crippen molar-refractivity contribution in [2.75, 3.05) is 25.1 Å². The van der Waals surface area contributed by atoms with Crippen LogP contribution in [0.2, 0.25) is 0 Å². The second-order valence-electron chi connectivity index (χ2n) is 10.8. The van der Waals surface area contributed by atoms with Crippen molar-refractivity contribution in [3.63, 3.8) is 0 Å². The molecule has 0 bridgehead atoms. The highest BCUT2D eigenvalue weighted by molar-refractivity contribution is 7.98. The van der Waals surface area contributed by atoms with Crippen LogP contribution in [-0.2, 0) is 27.5 Å². The molecule has 0 fully saturated rings. The van der Waals surface area contributed by atoms with Gasteiger partial charge in [0.05, 0.1) is 12.6 Å². The number of rotatable bonds is 9. The minimum atomic E-state index is -0.659. The number of hydrogen-bond donors (Lipinski definition) is 2. The molecule has 226 valence electrons. The summed E-state index contributed by atoms with van der Waals surface area (Å²) < 4.78 is 3.53. The van der Waals surface area contributed by atoms with E-state index in [1.165, 1.54) is 6.33 Å². The summed E-state index contributed by atoms with van der Waals surface area (Å²) in [5, 5.41) is 15.1. The quantitative estimate of drug-likeness (QED) is 0.385. The van der Waals surface area contributed by atoms with Crippen molar-refractivity contribution in [1.29, 1.82) is 0 Å². The molecule has 2 atom stereocenters. The van der Waals surface area contributed by atoms with Gasteiger partial charge in [-0.05, 0) is 37.2 Å². The van der Waals surface area contributed by atoms with Gasteiger partial charge in [0.2, 0.25) is 17.7 Å². The molecule has 2 N–H and O–H groups in total. The number of aromatic nitrogens is 6. The molecule has 0 unspecified atom stereocenters. The van der Waals surface area contributed by atoms with Crippen molar-refractivity contribution < 1.29 is 14.4 Å². The van der Waals surface area contributed by atoms with Crippen LogP contribution in [-0.4, -0.2) is 83.3 Å². The lowest BCUT2D eigenvalue weighted by molar-refractivity contribution is -0.132. The van der Waals surface area contributed by atoms with Gasteiger partial charge >= 0.3 is 0 Å². The van der Waals surface area contributed by atoms with E-state index >= 15 is 0 Å². The first kappa shape index (κ1) is 31.2. The highest BCUT2D eigenvalue weighted by atomic mass is 32.2. The maximum atomic E-state index is 13.5. The zero-order valence-corrected chi connectivity index (χ0v) is 25.4. The average Bonchev–Trinajstić information content (AvgIpc) is 3.66. The van der Waals surface area contributed by atoms with E-state index in [9.17, 15) is 14.4 Å². The van der Waals surface area contributed by atoms with Crippen LogP contribution in [0.25, 0.3) is 11.4 Å². The minimum Gasteiger partial charge on any atom is -0.344 e. The number of amides is 3. The van der Waals surface area contributed by atoms with Crippen LogP contribution in [0.5, 0.6) is 0 Å². The van der Waals surface area contributed by atoms with Gasteiger partial charge in [-0.2, -0.15) is 22.0 Å². The largest absolute Gasteiger partial charge is 0.344 e. The second kappa shape index (κ2) is 15.5. The molecule has 1 aromatic carbocycles. The number of thioether (sulfide) groups is 1. The highest BCUT2D eigenvalue weighted by Crippen LogP contribution is 2.25. The molecule has 2 aromatic heterocycles. The summed E-state index contributed by atoms with van der Waals surface area (Å²) in [6.07, 6.45) is 7.31. The van der Waals surface area contributed by atoms with Gasteiger partial charge in [0, 0.05) is 38.0 Å². The van der Waals surface area contributed by atoms with Crippen LogP contribution in [0.1, 0.15) is 57.8 Å². The molecule has 13 heteroatoms. The molecule has 1 aliphatic rings. The first-order valence-corrected chi connectivity index (χ1v) is 15.9. The monoisotopic (exact) mass is 595 g/mol. The fourth-order valence-corrected chi connectivity index (χ4v) is 5.39. The van der Waals surface area contributed by atoms with Gasteiger partial charge in [0.15, 0.2) is 11.6 Å². The molecular formula is C29H41N9O3S. The summed E-state index contributed by atoms with van der Waals surface area (Å²) in [6, 6.07) is 8.62. The van der Waals surface area contributed by atoms with Crippen LogP contribution in [0.4, 0.5) is 0 Å². The predicted molar refractivity (Wildman–Crippen MR) is 161 cm³/mol. The van der Waals surface area contributed by atoms with E-state index in [2.05, 4.69) is 20.7 Å². The molecule has 0 spiro atoms. The Balaban J connectivity index is 1.62.